The lowest BCUT2D eigenvalue weighted by Crippen LogP contribution is -2.64. The quantitative estimate of drug-likeness (QED) is 0.466. The third-order valence-electron chi connectivity index (χ3n) is 5.38. The summed E-state index contributed by atoms with van der Waals surface area (Å²) in [5.41, 5.74) is 1.10. The van der Waals surface area contributed by atoms with Crippen LogP contribution < -0.4 is 10.6 Å². The highest BCUT2D eigenvalue weighted by Gasteiger charge is 2.44. The molecule has 1 heterocycles. The normalized spacial score (nSPS) is 18.2. The molecule has 1 aliphatic heterocycles. The fourth-order valence-electron chi connectivity index (χ4n) is 3.96. The van der Waals surface area contributed by atoms with Crippen LogP contribution in [0.1, 0.15) is 16.7 Å². The van der Waals surface area contributed by atoms with Crippen molar-refractivity contribution in [3.63, 3.8) is 0 Å². The number of hydrogen-bond donors (Lipinski definition) is 2. The van der Waals surface area contributed by atoms with Gasteiger partial charge in [0.15, 0.2) is 11.9 Å². The SMILES string of the molecule is COC1=CC(C=O)(NC(c2ccccc2)(c2ccccc2)c2ccccc2)NC=C1. The van der Waals surface area contributed by atoms with Crippen LogP contribution in [0.5, 0.6) is 0 Å². The molecule has 30 heavy (non-hydrogen) atoms. The zero-order chi connectivity index (χ0) is 20.9. The maximum atomic E-state index is 12.5. The zero-order valence-electron chi connectivity index (χ0n) is 16.8. The van der Waals surface area contributed by atoms with E-state index in [1.807, 2.05) is 54.6 Å². The molecule has 0 bridgehead atoms. The molecule has 3 aromatic carbocycles. The number of dihydropyridines is 1. The number of rotatable bonds is 7. The molecule has 0 amide bonds. The lowest BCUT2D eigenvalue weighted by Gasteiger charge is -2.43. The number of nitrogens with one attached hydrogen (secondary N) is 2. The second-order valence-electron chi connectivity index (χ2n) is 7.19. The Labute approximate surface area is 176 Å². The van der Waals surface area contributed by atoms with Gasteiger partial charge in [0.05, 0.1) is 12.6 Å². The van der Waals surface area contributed by atoms with E-state index in [0.717, 1.165) is 23.0 Å². The third-order valence-corrected chi connectivity index (χ3v) is 5.38. The number of allylic oxidation sites excluding steroid dienone is 1. The maximum absolute atomic E-state index is 12.5. The Hall–Kier alpha value is -3.63. The highest BCUT2D eigenvalue weighted by Crippen LogP contribution is 2.38. The molecule has 4 heteroatoms. The van der Waals surface area contributed by atoms with Crippen molar-refractivity contribution >= 4 is 6.29 Å². The van der Waals surface area contributed by atoms with E-state index >= 15 is 0 Å². The van der Waals surface area contributed by atoms with E-state index in [0.29, 0.717) is 5.76 Å². The summed E-state index contributed by atoms with van der Waals surface area (Å²) in [6.45, 7) is 0. The van der Waals surface area contributed by atoms with E-state index in [1.165, 1.54) is 0 Å². The van der Waals surface area contributed by atoms with Gasteiger partial charge in [-0.15, -0.1) is 0 Å². The van der Waals surface area contributed by atoms with Gasteiger partial charge in [-0.2, -0.15) is 0 Å². The Morgan fingerprint density at radius 1 is 0.833 bits per heavy atom. The van der Waals surface area contributed by atoms with Gasteiger partial charge < -0.3 is 10.1 Å². The lowest BCUT2D eigenvalue weighted by atomic mass is 9.76. The van der Waals surface area contributed by atoms with Gasteiger partial charge in [0.2, 0.25) is 0 Å². The number of benzene rings is 3. The molecule has 150 valence electrons. The molecule has 0 aromatic heterocycles. The van der Waals surface area contributed by atoms with Gasteiger partial charge in [0.25, 0.3) is 0 Å². The van der Waals surface area contributed by atoms with Crippen molar-refractivity contribution in [1.82, 2.24) is 10.6 Å². The third kappa shape index (κ3) is 3.53. The van der Waals surface area contributed by atoms with Crippen LogP contribution in [0.2, 0.25) is 0 Å². The Kier molecular flexibility index (Phi) is 5.50. The molecule has 3 aromatic rings. The van der Waals surface area contributed by atoms with E-state index in [4.69, 9.17) is 4.74 Å². The molecule has 4 nitrogen and oxygen atoms in total. The van der Waals surface area contributed by atoms with Gasteiger partial charge in [-0.3, -0.25) is 10.1 Å². The molecule has 0 spiro atoms. The Morgan fingerprint density at radius 2 is 1.30 bits per heavy atom. The van der Waals surface area contributed by atoms with Crippen LogP contribution in [0.25, 0.3) is 0 Å². The first kappa shape index (κ1) is 19.7. The van der Waals surface area contributed by atoms with Crippen LogP contribution in [0.4, 0.5) is 0 Å². The minimum absolute atomic E-state index is 0.608. The van der Waals surface area contributed by atoms with Crippen molar-refractivity contribution in [3.8, 4) is 0 Å². The monoisotopic (exact) mass is 396 g/mol. The standard InChI is InChI=1S/C26H24N2O2/c1-30-24-17-18-27-25(19-24,20-29)28-26(21-11-5-2-6-12-21,22-13-7-3-8-14-22)23-15-9-4-10-16-23/h2-20,27-28H,1H3. The summed E-state index contributed by atoms with van der Waals surface area (Å²) < 4.78 is 5.42. The van der Waals surface area contributed by atoms with Crippen LogP contribution in [-0.4, -0.2) is 19.1 Å². The predicted octanol–water partition coefficient (Wildman–Crippen LogP) is 4.11. The van der Waals surface area contributed by atoms with E-state index in [2.05, 4.69) is 47.0 Å². The van der Waals surface area contributed by atoms with E-state index in [9.17, 15) is 4.79 Å². The fourth-order valence-corrected chi connectivity index (χ4v) is 3.96. The lowest BCUT2D eigenvalue weighted by molar-refractivity contribution is -0.113. The van der Waals surface area contributed by atoms with E-state index < -0.39 is 11.2 Å². The molecule has 1 atom stereocenters. The van der Waals surface area contributed by atoms with Gasteiger partial charge in [-0.1, -0.05) is 91.0 Å². The summed E-state index contributed by atoms with van der Waals surface area (Å²) in [5, 5.41) is 6.85. The van der Waals surface area contributed by atoms with Crippen LogP contribution in [0.15, 0.2) is 115 Å². The molecular formula is C26H24N2O2. The number of aldehydes is 1. The summed E-state index contributed by atoms with van der Waals surface area (Å²) in [6, 6.07) is 30.5. The Morgan fingerprint density at radius 3 is 1.70 bits per heavy atom. The minimum Gasteiger partial charge on any atom is -0.497 e. The number of hydrogen-bond acceptors (Lipinski definition) is 4. The second kappa shape index (κ2) is 8.39. The van der Waals surface area contributed by atoms with Gasteiger partial charge in [-0.05, 0) is 22.8 Å². The Bertz CT molecular complexity index is 950. The summed E-state index contributed by atoms with van der Waals surface area (Å²) in [7, 11) is 1.59. The van der Waals surface area contributed by atoms with Crippen molar-refractivity contribution in [1.29, 1.82) is 0 Å². The molecule has 0 radical (unpaired) electrons. The van der Waals surface area contributed by atoms with Crippen LogP contribution in [0.3, 0.4) is 0 Å². The summed E-state index contributed by atoms with van der Waals surface area (Å²) in [5.74, 6) is 0.608. The van der Waals surface area contributed by atoms with E-state index in [1.54, 1.807) is 25.5 Å². The van der Waals surface area contributed by atoms with Gasteiger partial charge >= 0.3 is 0 Å². The molecule has 1 aliphatic rings. The van der Waals surface area contributed by atoms with Crippen molar-refractivity contribution < 1.29 is 9.53 Å². The van der Waals surface area contributed by atoms with Crippen molar-refractivity contribution in [2.24, 2.45) is 0 Å². The maximum Gasteiger partial charge on any atom is 0.169 e. The first-order valence-electron chi connectivity index (χ1n) is 9.86. The van der Waals surface area contributed by atoms with Crippen LogP contribution in [-0.2, 0) is 15.1 Å². The molecule has 2 N–H and O–H groups in total. The number of methoxy groups -OCH3 is 1. The average Bonchev–Trinajstić information content (AvgIpc) is 2.84. The van der Waals surface area contributed by atoms with Crippen molar-refractivity contribution in [2.75, 3.05) is 7.11 Å². The highest BCUT2D eigenvalue weighted by molar-refractivity contribution is 5.70. The smallest absolute Gasteiger partial charge is 0.169 e. The second-order valence-corrected chi connectivity index (χ2v) is 7.19. The van der Waals surface area contributed by atoms with Crippen LogP contribution >= 0.6 is 0 Å². The fraction of sp³-hybridized carbons (Fsp3) is 0.115. The number of carbonyl (C=O) groups is 1. The summed E-state index contributed by atoms with van der Waals surface area (Å²) in [6.07, 6.45) is 6.16. The summed E-state index contributed by atoms with van der Waals surface area (Å²) in [4.78, 5) is 12.5. The molecule has 0 saturated heterocycles. The molecule has 0 fully saturated rings. The zero-order valence-corrected chi connectivity index (χ0v) is 16.8. The first-order valence-corrected chi connectivity index (χ1v) is 9.86. The summed E-state index contributed by atoms with van der Waals surface area (Å²) >= 11 is 0. The van der Waals surface area contributed by atoms with Gasteiger partial charge in [-0.25, -0.2) is 0 Å². The molecule has 4 rings (SSSR count). The predicted molar refractivity (Wildman–Crippen MR) is 119 cm³/mol. The van der Waals surface area contributed by atoms with Gasteiger partial charge in [0.1, 0.15) is 5.76 Å². The van der Waals surface area contributed by atoms with Crippen molar-refractivity contribution in [2.45, 2.75) is 11.2 Å². The Balaban J connectivity index is 1.99. The largest absolute Gasteiger partial charge is 0.497 e. The van der Waals surface area contributed by atoms with Crippen molar-refractivity contribution in [3.05, 3.63) is 132 Å². The molecule has 1 unspecified atom stereocenters. The molecule has 0 saturated carbocycles. The first-order chi connectivity index (χ1) is 14.7. The van der Waals surface area contributed by atoms with Crippen LogP contribution in [0, 0.1) is 0 Å². The average molecular weight is 396 g/mol. The number of carbonyl (C=O) groups excluding carboxylic acids is 1. The van der Waals surface area contributed by atoms with E-state index in [-0.39, 0.29) is 0 Å². The molecular weight excluding hydrogens is 372 g/mol. The van der Waals surface area contributed by atoms with Gasteiger partial charge in [0, 0.05) is 12.3 Å². The highest BCUT2D eigenvalue weighted by atomic mass is 16.5. The molecule has 0 aliphatic carbocycles. The number of ether oxygens (including phenoxy) is 1. The minimum atomic E-state index is -1.17. The topological polar surface area (TPSA) is 50.4 Å².